The maximum atomic E-state index is 12.7. The molecule has 1 unspecified atom stereocenters. The summed E-state index contributed by atoms with van der Waals surface area (Å²) >= 11 is 1.22. The first-order valence-corrected chi connectivity index (χ1v) is 10.4. The van der Waals surface area contributed by atoms with Gasteiger partial charge in [0.1, 0.15) is 10.8 Å². The summed E-state index contributed by atoms with van der Waals surface area (Å²) in [5.74, 6) is -1.31. The Kier molecular flexibility index (Phi) is 6.59. The second-order valence-corrected chi connectivity index (χ2v) is 8.50. The molecule has 0 aliphatic heterocycles. The average molecular weight is 447 g/mol. The number of aromatic nitrogens is 1. The maximum absolute atomic E-state index is 12.7. The highest BCUT2D eigenvalue weighted by atomic mass is 32.1. The smallest absolute Gasteiger partial charge is 0.416 e. The van der Waals surface area contributed by atoms with Gasteiger partial charge in [-0.25, -0.2) is 4.98 Å². The molecule has 4 nitrogen and oxygen atoms in total. The van der Waals surface area contributed by atoms with E-state index < -0.39 is 23.1 Å². The van der Waals surface area contributed by atoms with E-state index in [0.717, 1.165) is 17.7 Å². The van der Waals surface area contributed by atoms with Crippen LogP contribution in [0.2, 0.25) is 0 Å². The van der Waals surface area contributed by atoms with Gasteiger partial charge in [-0.05, 0) is 31.0 Å². The Bertz CT molecular complexity index is 1060. The minimum atomic E-state index is -4.41. The Morgan fingerprint density at radius 2 is 1.68 bits per heavy atom. The van der Waals surface area contributed by atoms with Crippen molar-refractivity contribution >= 4 is 23.1 Å². The quantitative estimate of drug-likeness (QED) is 0.484. The van der Waals surface area contributed by atoms with Crippen molar-refractivity contribution in [2.75, 3.05) is 0 Å². The second-order valence-electron chi connectivity index (χ2n) is 7.64. The summed E-state index contributed by atoms with van der Waals surface area (Å²) in [7, 11) is 0. The van der Waals surface area contributed by atoms with E-state index in [9.17, 15) is 27.9 Å². The summed E-state index contributed by atoms with van der Waals surface area (Å²) in [4.78, 5) is 28.8. The number of halogens is 3. The third-order valence-electron chi connectivity index (χ3n) is 4.93. The lowest BCUT2D eigenvalue weighted by Gasteiger charge is -2.24. The van der Waals surface area contributed by atoms with Crippen LogP contribution in [0.25, 0.3) is 10.6 Å². The number of hydrogen-bond donors (Lipinski definition) is 1. The predicted octanol–water partition coefficient (Wildman–Crippen LogP) is 5.66. The first kappa shape index (κ1) is 22.7. The molecule has 2 aromatic carbocycles. The Balaban J connectivity index is 1.68. The summed E-state index contributed by atoms with van der Waals surface area (Å²) < 4.78 is 38.1. The van der Waals surface area contributed by atoms with E-state index in [4.69, 9.17) is 0 Å². The lowest BCUT2D eigenvalue weighted by atomic mass is 9.79. The Morgan fingerprint density at radius 3 is 2.26 bits per heavy atom. The molecule has 0 saturated heterocycles. The van der Waals surface area contributed by atoms with Gasteiger partial charge in [0.05, 0.1) is 16.7 Å². The van der Waals surface area contributed by atoms with Crippen molar-refractivity contribution in [2.24, 2.45) is 5.41 Å². The number of carbonyl (C=O) groups excluding carboxylic acids is 1. The summed E-state index contributed by atoms with van der Waals surface area (Å²) in [6.45, 7) is 1.55. The van der Waals surface area contributed by atoms with Crippen LogP contribution in [-0.2, 0) is 28.6 Å². The molecule has 1 heterocycles. The maximum Gasteiger partial charge on any atom is 0.416 e. The minimum absolute atomic E-state index is 0.0329. The summed E-state index contributed by atoms with van der Waals surface area (Å²) in [5, 5.41) is 11.9. The monoisotopic (exact) mass is 447 g/mol. The van der Waals surface area contributed by atoms with E-state index in [-0.39, 0.29) is 25.0 Å². The van der Waals surface area contributed by atoms with E-state index in [1.165, 1.54) is 23.5 Å². The number of Topliss-reactive ketones (excluding diaryl/α,β-unsaturated/α-hetero) is 1. The first-order valence-electron chi connectivity index (χ1n) is 9.48. The van der Waals surface area contributed by atoms with E-state index in [0.29, 0.717) is 16.3 Å². The fourth-order valence-electron chi connectivity index (χ4n) is 3.28. The standard InChI is InChI=1S/C23H20F3NO3S/c1-22(21(29)30,12-15-5-3-2-4-6-15)13-19(28)11-18-14-31-20(27-18)16-7-9-17(10-8-16)23(24,25)26/h2-10,14H,11-13H2,1H3,(H,29,30). The molecule has 3 rings (SSSR count). The molecule has 0 aliphatic rings. The Hall–Kier alpha value is -3.00. The molecule has 31 heavy (non-hydrogen) atoms. The fraction of sp³-hybridized carbons (Fsp3) is 0.261. The van der Waals surface area contributed by atoms with Gasteiger partial charge in [0.15, 0.2) is 0 Å². The zero-order valence-electron chi connectivity index (χ0n) is 16.6. The molecular formula is C23H20F3NO3S. The number of thiazole rings is 1. The van der Waals surface area contributed by atoms with E-state index in [1.807, 2.05) is 30.3 Å². The Morgan fingerprint density at radius 1 is 1.03 bits per heavy atom. The third-order valence-corrected chi connectivity index (χ3v) is 5.87. The summed E-state index contributed by atoms with van der Waals surface area (Å²) in [6, 6.07) is 13.8. The van der Waals surface area contributed by atoms with Crippen LogP contribution in [0, 0.1) is 5.41 Å². The normalized spacial score (nSPS) is 13.5. The summed E-state index contributed by atoms with van der Waals surface area (Å²) in [5.41, 5.74) is -0.161. The topological polar surface area (TPSA) is 67.3 Å². The van der Waals surface area contributed by atoms with Crippen molar-refractivity contribution in [3.05, 3.63) is 76.8 Å². The number of nitrogens with zero attached hydrogens (tertiary/aromatic N) is 1. The van der Waals surface area contributed by atoms with Crippen LogP contribution >= 0.6 is 11.3 Å². The molecule has 3 aromatic rings. The van der Waals surface area contributed by atoms with Crippen LogP contribution in [0.3, 0.4) is 0 Å². The number of hydrogen-bond acceptors (Lipinski definition) is 4. The molecule has 1 N–H and O–H groups in total. The average Bonchev–Trinajstić information content (AvgIpc) is 3.16. The molecular weight excluding hydrogens is 427 g/mol. The molecule has 162 valence electrons. The fourth-order valence-corrected chi connectivity index (χ4v) is 4.11. The van der Waals surface area contributed by atoms with Gasteiger partial charge in [-0.1, -0.05) is 42.5 Å². The van der Waals surface area contributed by atoms with E-state index >= 15 is 0 Å². The largest absolute Gasteiger partial charge is 0.481 e. The van der Waals surface area contributed by atoms with Gasteiger partial charge in [-0.2, -0.15) is 13.2 Å². The number of benzene rings is 2. The zero-order chi connectivity index (χ0) is 22.6. The van der Waals surface area contributed by atoms with Gasteiger partial charge in [0.2, 0.25) is 0 Å². The number of alkyl halides is 3. The first-order chi connectivity index (χ1) is 14.6. The van der Waals surface area contributed by atoms with Gasteiger partial charge in [-0.3, -0.25) is 9.59 Å². The van der Waals surface area contributed by atoms with Crippen molar-refractivity contribution in [1.29, 1.82) is 0 Å². The minimum Gasteiger partial charge on any atom is -0.481 e. The van der Waals surface area contributed by atoms with Gasteiger partial charge < -0.3 is 5.11 Å². The molecule has 8 heteroatoms. The van der Waals surface area contributed by atoms with Crippen LogP contribution in [0.5, 0.6) is 0 Å². The number of rotatable bonds is 8. The molecule has 1 atom stereocenters. The van der Waals surface area contributed by atoms with Crippen LogP contribution in [0.1, 0.15) is 30.2 Å². The van der Waals surface area contributed by atoms with E-state index in [1.54, 1.807) is 12.3 Å². The van der Waals surface area contributed by atoms with Crippen LogP contribution in [0.4, 0.5) is 13.2 Å². The SMILES string of the molecule is CC(CC(=O)Cc1csc(-c2ccc(C(F)(F)F)cc2)n1)(Cc1ccccc1)C(=O)O. The number of carboxylic acids is 1. The number of carboxylic acid groups (broad SMARTS) is 1. The molecule has 0 radical (unpaired) electrons. The van der Waals surface area contributed by atoms with Crippen LogP contribution in [-0.4, -0.2) is 21.8 Å². The number of aliphatic carboxylic acids is 1. The Labute approximate surface area is 181 Å². The molecule has 0 saturated carbocycles. The van der Waals surface area contributed by atoms with Crippen molar-refractivity contribution in [1.82, 2.24) is 4.98 Å². The molecule has 0 spiro atoms. The zero-order valence-corrected chi connectivity index (χ0v) is 17.5. The van der Waals surface area contributed by atoms with Crippen molar-refractivity contribution in [3.63, 3.8) is 0 Å². The highest BCUT2D eigenvalue weighted by molar-refractivity contribution is 7.13. The van der Waals surface area contributed by atoms with Gasteiger partial charge in [0.25, 0.3) is 0 Å². The summed E-state index contributed by atoms with van der Waals surface area (Å²) in [6.07, 6.45) is -4.36. The van der Waals surface area contributed by atoms with Crippen LogP contribution in [0.15, 0.2) is 60.0 Å². The van der Waals surface area contributed by atoms with Crippen molar-refractivity contribution < 1.29 is 27.9 Å². The molecule has 0 bridgehead atoms. The predicted molar refractivity (Wildman–Crippen MR) is 112 cm³/mol. The molecule has 0 amide bonds. The highest BCUT2D eigenvalue weighted by Crippen LogP contribution is 2.32. The highest BCUT2D eigenvalue weighted by Gasteiger charge is 2.36. The van der Waals surface area contributed by atoms with Crippen molar-refractivity contribution in [2.45, 2.75) is 32.4 Å². The number of carbonyl (C=O) groups is 2. The van der Waals surface area contributed by atoms with Crippen molar-refractivity contribution in [3.8, 4) is 10.6 Å². The lowest BCUT2D eigenvalue weighted by Crippen LogP contribution is -2.33. The third kappa shape index (κ3) is 5.79. The van der Waals surface area contributed by atoms with E-state index in [2.05, 4.69) is 4.98 Å². The van der Waals surface area contributed by atoms with Crippen LogP contribution < -0.4 is 0 Å². The van der Waals surface area contributed by atoms with Gasteiger partial charge in [-0.15, -0.1) is 11.3 Å². The molecule has 1 aromatic heterocycles. The number of ketones is 1. The molecule has 0 fully saturated rings. The molecule has 0 aliphatic carbocycles. The van der Waals surface area contributed by atoms with Gasteiger partial charge in [0, 0.05) is 23.8 Å². The van der Waals surface area contributed by atoms with Gasteiger partial charge >= 0.3 is 12.1 Å². The lowest BCUT2D eigenvalue weighted by molar-refractivity contribution is -0.150. The second kappa shape index (κ2) is 9.01.